The van der Waals surface area contributed by atoms with Crippen molar-refractivity contribution in [3.63, 3.8) is 0 Å². The molecule has 2 aromatic rings. The van der Waals surface area contributed by atoms with Crippen molar-refractivity contribution in [2.24, 2.45) is 10.3 Å². The second-order valence-electron chi connectivity index (χ2n) is 8.33. The Labute approximate surface area is 167 Å². The van der Waals surface area contributed by atoms with Crippen LogP contribution in [0.15, 0.2) is 58.8 Å². The van der Waals surface area contributed by atoms with E-state index in [0.29, 0.717) is 0 Å². The van der Waals surface area contributed by atoms with Gasteiger partial charge in [-0.3, -0.25) is 0 Å². The first-order valence-corrected chi connectivity index (χ1v) is 9.13. The fraction of sp³-hybridized carbons (Fsp3) is 0.364. The summed E-state index contributed by atoms with van der Waals surface area (Å²) in [7, 11) is 0. The maximum Gasteiger partial charge on any atom is 0.175 e. The molecular formula is C22H29ClN2O2. The highest BCUT2D eigenvalue weighted by atomic mass is 35.5. The van der Waals surface area contributed by atoms with E-state index < -0.39 is 0 Å². The Morgan fingerprint density at radius 1 is 0.778 bits per heavy atom. The molecule has 0 aliphatic rings. The van der Waals surface area contributed by atoms with Gasteiger partial charge in [0, 0.05) is 5.56 Å². The summed E-state index contributed by atoms with van der Waals surface area (Å²) in [5, 5.41) is 22.8. The summed E-state index contributed by atoms with van der Waals surface area (Å²) < 4.78 is 0. The van der Waals surface area contributed by atoms with E-state index in [9.17, 15) is 0 Å². The molecule has 27 heavy (non-hydrogen) atoms. The summed E-state index contributed by atoms with van der Waals surface area (Å²) in [5.74, 6) is 0. The number of benzene rings is 2. The van der Waals surface area contributed by atoms with Crippen LogP contribution < -0.4 is 0 Å². The summed E-state index contributed by atoms with van der Waals surface area (Å²) in [6.07, 6.45) is 1.42. The first kappa shape index (κ1) is 22.7. The fourth-order valence-corrected chi connectivity index (χ4v) is 2.43. The van der Waals surface area contributed by atoms with Gasteiger partial charge < -0.3 is 10.4 Å². The smallest absolute Gasteiger partial charge is 0.175 e. The SMILES string of the molecule is CC(C)(C)c1ccc(/C(Cl)=N/O)cc1.CC(C)(C)c1ccc(/C=N/O)cc1. The molecule has 0 radical (unpaired) electrons. The van der Waals surface area contributed by atoms with E-state index in [1.54, 1.807) is 0 Å². The molecule has 2 rings (SSSR count). The van der Waals surface area contributed by atoms with Crippen molar-refractivity contribution in [1.29, 1.82) is 0 Å². The van der Waals surface area contributed by atoms with Crippen LogP contribution in [0.2, 0.25) is 0 Å². The zero-order valence-corrected chi connectivity index (χ0v) is 17.6. The van der Waals surface area contributed by atoms with Crippen molar-refractivity contribution in [1.82, 2.24) is 0 Å². The minimum absolute atomic E-state index is 0.116. The Hall–Kier alpha value is -2.33. The lowest BCUT2D eigenvalue weighted by Crippen LogP contribution is -2.10. The van der Waals surface area contributed by atoms with Crippen LogP contribution in [-0.2, 0) is 10.8 Å². The third kappa shape index (κ3) is 7.43. The summed E-state index contributed by atoms with van der Waals surface area (Å²) >= 11 is 5.66. The third-order valence-corrected chi connectivity index (χ3v) is 4.35. The summed E-state index contributed by atoms with van der Waals surface area (Å²) in [6, 6.07) is 15.7. The monoisotopic (exact) mass is 388 g/mol. The summed E-state index contributed by atoms with van der Waals surface area (Å²) in [4.78, 5) is 0. The van der Waals surface area contributed by atoms with Crippen LogP contribution in [0.5, 0.6) is 0 Å². The molecule has 0 bridgehead atoms. The van der Waals surface area contributed by atoms with Crippen LogP contribution in [0.1, 0.15) is 63.8 Å². The van der Waals surface area contributed by atoms with Gasteiger partial charge in [-0.15, -0.1) is 0 Å². The van der Waals surface area contributed by atoms with Gasteiger partial charge in [0.25, 0.3) is 0 Å². The molecule has 0 aliphatic carbocycles. The number of hydrogen-bond donors (Lipinski definition) is 2. The number of nitrogens with zero attached hydrogens (tertiary/aromatic N) is 2. The standard InChI is InChI=1S/C11H14ClNO.C11H15NO/c1-11(2,3)9-6-4-8(5-7-9)10(12)13-14;1-11(2,3)10-6-4-9(5-7-10)8-12-13/h4-7,14H,1-3H3;4-8,13H,1-3H3/b13-10-;12-8+. The Kier molecular flexibility index (Phi) is 8.04. The van der Waals surface area contributed by atoms with Gasteiger partial charge >= 0.3 is 0 Å². The molecule has 2 aromatic carbocycles. The lowest BCUT2D eigenvalue weighted by Gasteiger charge is -2.18. The molecule has 0 heterocycles. The van der Waals surface area contributed by atoms with Crippen molar-refractivity contribution < 1.29 is 10.4 Å². The normalized spacial score (nSPS) is 12.6. The highest BCUT2D eigenvalue weighted by Crippen LogP contribution is 2.23. The van der Waals surface area contributed by atoms with Crippen molar-refractivity contribution in [2.75, 3.05) is 0 Å². The van der Waals surface area contributed by atoms with Gasteiger partial charge in [-0.2, -0.15) is 0 Å². The van der Waals surface area contributed by atoms with E-state index in [0.717, 1.165) is 11.1 Å². The van der Waals surface area contributed by atoms with Gasteiger partial charge in [-0.25, -0.2) is 0 Å². The van der Waals surface area contributed by atoms with Gasteiger partial charge in [0.05, 0.1) is 6.21 Å². The molecule has 5 heteroatoms. The highest BCUT2D eigenvalue weighted by molar-refractivity contribution is 6.69. The topological polar surface area (TPSA) is 65.2 Å². The minimum Gasteiger partial charge on any atom is -0.411 e. The van der Waals surface area contributed by atoms with Crippen LogP contribution in [-0.4, -0.2) is 21.8 Å². The third-order valence-electron chi connectivity index (χ3n) is 4.06. The number of oxime groups is 2. The van der Waals surface area contributed by atoms with Crippen molar-refractivity contribution in [3.8, 4) is 0 Å². The van der Waals surface area contributed by atoms with E-state index in [1.165, 1.54) is 17.3 Å². The molecule has 4 nitrogen and oxygen atoms in total. The quantitative estimate of drug-likeness (QED) is 0.368. The van der Waals surface area contributed by atoms with Crippen LogP contribution in [0, 0.1) is 0 Å². The summed E-state index contributed by atoms with van der Waals surface area (Å²) in [5.41, 5.74) is 4.44. The molecule has 146 valence electrons. The van der Waals surface area contributed by atoms with Crippen molar-refractivity contribution in [3.05, 3.63) is 70.8 Å². The van der Waals surface area contributed by atoms with Crippen molar-refractivity contribution >= 4 is 23.0 Å². The second kappa shape index (κ2) is 9.56. The first-order chi connectivity index (χ1) is 12.5. The molecular weight excluding hydrogens is 360 g/mol. The molecule has 0 aromatic heterocycles. The zero-order valence-electron chi connectivity index (χ0n) is 16.9. The van der Waals surface area contributed by atoms with Crippen LogP contribution in [0.4, 0.5) is 0 Å². The van der Waals surface area contributed by atoms with Crippen LogP contribution in [0.3, 0.4) is 0 Å². The maximum atomic E-state index is 8.47. The summed E-state index contributed by atoms with van der Waals surface area (Å²) in [6.45, 7) is 12.9. The fourth-order valence-electron chi connectivity index (χ4n) is 2.30. The zero-order chi connectivity index (χ0) is 20.7. The molecule has 2 N–H and O–H groups in total. The Morgan fingerprint density at radius 3 is 1.52 bits per heavy atom. The molecule has 0 aliphatic heterocycles. The van der Waals surface area contributed by atoms with E-state index >= 15 is 0 Å². The first-order valence-electron chi connectivity index (χ1n) is 8.75. The van der Waals surface area contributed by atoms with E-state index in [4.69, 9.17) is 22.0 Å². The highest BCUT2D eigenvalue weighted by Gasteiger charge is 2.13. The average Bonchev–Trinajstić information content (AvgIpc) is 2.61. The van der Waals surface area contributed by atoms with Gasteiger partial charge in [0.2, 0.25) is 0 Å². The molecule has 0 fully saturated rings. The molecule has 0 saturated carbocycles. The van der Waals surface area contributed by atoms with Gasteiger partial charge in [-0.1, -0.05) is 112 Å². The minimum atomic E-state index is 0.116. The van der Waals surface area contributed by atoms with Gasteiger partial charge in [0.15, 0.2) is 5.17 Å². The van der Waals surface area contributed by atoms with Crippen LogP contribution >= 0.6 is 11.6 Å². The largest absolute Gasteiger partial charge is 0.411 e. The predicted octanol–water partition coefficient (Wildman–Crippen LogP) is 6.15. The Morgan fingerprint density at radius 2 is 1.19 bits per heavy atom. The molecule has 0 spiro atoms. The van der Waals surface area contributed by atoms with E-state index in [1.807, 2.05) is 36.4 Å². The lowest BCUT2D eigenvalue weighted by atomic mass is 9.87. The number of hydrogen-bond acceptors (Lipinski definition) is 4. The average molecular weight is 389 g/mol. The molecule has 0 amide bonds. The van der Waals surface area contributed by atoms with E-state index in [2.05, 4.69) is 64.0 Å². The Bertz CT molecular complexity index is 766. The second-order valence-corrected chi connectivity index (χ2v) is 8.69. The predicted molar refractivity (Wildman–Crippen MR) is 114 cm³/mol. The van der Waals surface area contributed by atoms with Gasteiger partial charge in [0.1, 0.15) is 0 Å². The molecule has 0 atom stereocenters. The number of halogens is 1. The Balaban J connectivity index is 0.000000271. The number of rotatable bonds is 2. The lowest BCUT2D eigenvalue weighted by molar-refractivity contribution is 0.321. The molecule has 0 unspecified atom stereocenters. The van der Waals surface area contributed by atoms with E-state index in [-0.39, 0.29) is 16.0 Å². The van der Waals surface area contributed by atoms with Crippen LogP contribution in [0.25, 0.3) is 0 Å². The van der Waals surface area contributed by atoms with Crippen molar-refractivity contribution in [2.45, 2.75) is 52.4 Å². The molecule has 0 saturated heterocycles. The maximum absolute atomic E-state index is 8.47. The van der Waals surface area contributed by atoms with Gasteiger partial charge in [-0.05, 0) is 27.5 Å².